The molecule has 0 bridgehead atoms. The minimum absolute atomic E-state index is 0.104. The van der Waals surface area contributed by atoms with Crippen LogP contribution in [0.4, 0.5) is 10.5 Å². The molecule has 0 spiro atoms. The lowest BCUT2D eigenvalue weighted by atomic mass is 10.1. The highest BCUT2D eigenvalue weighted by molar-refractivity contribution is 6.21. The summed E-state index contributed by atoms with van der Waals surface area (Å²) in [6.07, 6.45) is 0.347. The van der Waals surface area contributed by atoms with E-state index in [4.69, 9.17) is 4.74 Å². The minimum Gasteiger partial charge on any atom is -0.466 e. The number of para-hydroxylation sites is 1. The lowest BCUT2D eigenvalue weighted by Crippen LogP contribution is -2.31. The molecule has 1 unspecified atom stereocenters. The van der Waals surface area contributed by atoms with Crippen molar-refractivity contribution in [2.24, 2.45) is 0 Å². The maximum absolute atomic E-state index is 12.2. The van der Waals surface area contributed by atoms with Crippen molar-refractivity contribution in [3.63, 3.8) is 0 Å². The molecular weight excluding hydrogens is 260 g/mol. The number of imide groups is 1. The number of benzene rings is 1. The molecule has 0 aliphatic carbocycles. The van der Waals surface area contributed by atoms with Crippen molar-refractivity contribution >= 4 is 23.6 Å². The van der Waals surface area contributed by atoms with E-state index in [-0.39, 0.29) is 24.7 Å². The van der Waals surface area contributed by atoms with E-state index in [2.05, 4.69) is 5.32 Å². The molecular formula is C14H16N2O4. The molecule has 106 valence electrons. The second kappa shape index (κ2) is 6.18. The fraction of sp³-hybridized carbons (Fsp3) is 0.357. The van der Waals surface area contributed by atoms with E-state index in [1.165, 1.54) is 0 Å². The number of rotatable bonds is 5. The maximum Gasteiger partial charge on any atom is 0.329 e. The highest BCUT2D eigenvalue weighted by Crippen LogP contribution is 2.20. The SMILES string of the molecule is CCOC(=O)CCC1NC(=O)N(c2ccccc2)C1=O. The second-order valence-corrected chi connectivity index (χ2v) is 4.35. The molecule has 1 fully saturated rings. The van der Waals surface area contributed by atoms with Crippen LogP contribution in [0.1, 0.15) is 19.8 Å². The first-order valence-corrected chi connectivity index (χ1v) is 6.48. The van der Waals surface area contributed by atoms with Gasteiger partial charge in [-0.1, -0.05) is 18.2 Å². The van der Waals surface area contributed by atoms with E-state index in [1.807, 2.05) is 0 Å². The van der Waals surface area contributed by atoms with Gasteiger partial charge in [0.25, 0.3) is 5.91 Å². The van der Waals surface area contributed by atoms with Crippen LogP contribution >= 0.6 is 0 Å². The zero-order valence-electron chi connectivity index (χ0n) is 11.2. The molecule has 1 aliphatic rings. The van der Waals surface area contributed by atoms with Gasteiger partial charge in [0.15, 0.2) is 0 Å². The molecule has 1 aromatic carbocycles. The number of carbonyl (C=O) groups is 3. The van der Waals surface area contributed by atoms with Crippen molar-refractivity contribution < 1.29 is 19.1 Å². The average molecular weight is 276 g/mol. The van der Waals surface area contributed by atoms with Crippen LogP contribution in [-0.2, 0) is 14.3 Å². The van der Waals surface area contributed by atoms with Gasteiger partial charge in [0.1, 0.15) is 6.04 Å². The van der Waals surface area contributed by atoms with E-state index < -0.39 is 12.1 Å². The van der Waals surface area contributed by atoms with Crippen LogP contribution in [0.25, 0.3) is 0 Å². The first-order chi connectivity index (χ1) is 9.63. The Morgan fingerprint density at radius 3 is 2.65 bits per heavy atom. The van der Waals surface area contributed by atoms with Crippen LogP contribution in [0.2, 0.25) is 0 Å². The van der Waals surface area contributed by atoms with Crippen LogP contribution < -0.4 is 10.2 Å². The van der Waals surface area contributed by atoms with Gasteiger partial charge in [0.2, 0.25) is 0 Å². The number of carbonyl (C=O) groups excluding carboxylic acids is 3. The molecule has 1 aliphatic heterocycles. The molecule has 1 N–H and O–H groups in total. The normalized spacial score (nSPS) is 18.1. The van der Waals surface area contributed by atoms with Gasteiger partial charge in [-0.05, 0) is 25.5 Å². The van der Waals surface area contributed by atoms with Crippen molar-refractivity contribution in [2.45, 2.75) is 25.8 Å². The fourth-order valence-electron chi connectivity index (χ4n) is 2.04. The number of nitrogens with zero attached hydrogens (tertiary/aromatic N) is 1. The largest absolute Gasteiger partial charge is 0.466 e. The average Bonchev–Trinajstić information content (AvgIpc) is 2.72. The van der Waals surface area contributed by atoms with E-state index in [0.717, 1.165) is 4.90 Å². The van der Waals surface area contributed by atoms with Gasteiger partial charge < -0.3 is 10.1 Å². The molecule has 1 saturated heterocycles. The van der Waals surface area contributed by atoms with E-state index in [1.54, 1.807) is 37.3 Å². The van der Waals surface area contributed by atoms with E-state index in [0.29, 0.717) is 12.3 Å². The standard InChI is InChI=1S/C14H16N2O4/c1-2-20-12(17)9-8-11-13(18)16(14(19)15-11)10-6-4-3-5-7-10/h3-7,11H,2,8-9H2,1H3,(H,15,19). The molecule has 6 heteroatoms. The molecule has 0 radical (unpaired) electrons. The van der Waals surface area contributed by atoms with Crippen molar-refractivity contribution in [2.75, 3.05) is 11.5 Å². The maximum atomic E-state index is 12.2. The number of anilines is 1. The Kier molecular flexibility index (Phi) is 4.34. The number of hydrogen-bond acceptors (Lipinski definition) is 4. The molecule has 20 heavy (non-hydrogen) atoms. The van der Waals surface area contributed by atoms with Gasteiger partial charge in [-0.3, -0.25) is 9.59 Å². The third-order valence-corrected chi connectivity index (χ3v) is 2.98. The lowest BCUT2D eigenvalue weighted by molar-refractivity contribution is -0.143. The predicted molar refractivity (Wildman–Crippen MR) is 72.1 cm³/mol. The van der Waals surface area contributed by atoms with Crippen LogP contribution in [0.3, 0.4) is 0 Å². The Bertz CT molecular complexity index is 515. The van der Waals surface area contributed by atoms with Crippen LogP contribution in [0.5, 0.6) is 0 Å². The molecule has 1 aromatic rings. The summed E-state index contributed by atoms with van der Waals surface area (Å²) in [5.74, 6) is -0.710. The number of urea groups is 1. The number of ether oxygens (including phenoxy) is 1. The lowest BCUT2D eigenvalue weighted by Gasteiger charge is -2.12. The Labute approximate surface area is 116 Å². The number of nitrogens with one attached hydrogen (secondary N) is 1. The Morgan fingerprint density at radius 1 is 1.30 bits per heavy atom. The molecule has 0 aromatic heterocycles. The van der Waals surface area contributed by atoms with Crippen LogP contribution in [0, 0.1) is 0 Å². The van der Waals surface area contributed by atoms with Gasteiger partial charge in [0.05, 0.1) is 12.3 Å². The van der Waals surface area contributed by atoms with Crippen LogP contribution in [-0.4, -0.2) is 30.6 Å². The van der Waals surface area contributed by atoms with Gasteiger partial charge in [0, 0.05) is 6.42 Å². The summed E-state index contributed by atoms with van der Waals surface area (Å²) >= 11 is 0. The Balaban J connectivity index is 2.00. The van der Waals surface area contributed by atoms with Crippen LogP contribution in [0.15, 0.2) is 30.3 Å². The number of esters is 1. The molecule has 6 nitrogen and oxygen atoms in total. The summed E-state index contributed by atoms with van der Waals surface area (Å²) in [6.45, 7) is 2.03. The van der Waals surface area contributed by atoms with Crippen molar-refractivity contribution in [3.8, 4) is 0 Å². The molecule has 3 amide bonds. The molecule has 1 atom stereocenters. The van der Waals surface area contributed by atoms with Crippen molar-refractivity contribution in [1.82, 2.24) is 5.32 Å². The van der Waals surface area contributed by atoms with Gasteiger partial charge in [-0.15, -0.1) is 0 Å². The van der Waals surface area contributed by atoms with E-state index in [9.17, 15) is 14.4 Å². The smallest absolute Gasteiger partial charge is 0.329 e. The van der Waals surface area contributed by atoms with Gasteiger partial charge in [-0.2, -0.15) is 0 Å². The third kappa shape index (κ3) is 2.96. The van der Waals surface area contributed by atoms with Gasteiger partial charge in [-0.25, -0.2) is 9.69 Å². The molecule has 0 saturated carbocycles. The summed E-state index contributed by atoms with van der Waals surface area (Å²) in [5.41, 5.74) is 0.522. The van der Waals surface area contributed by atoms with Crippen molar-refractivity contribution in [1.29, 1.82) is 0 Å². The molecule has 1 heterocycles. The topological polar surface area (TPSA) is 75.7 Å². The summed E-state index contributed by atoms with van der Waals surface area (Å²) < 4.78 is 4.80. The Hall–Kier alpha value is -2.37. The fourth-order valence-corrected chi connectivity index (χ4v) is 2.04. The highest BCUT2D eigenvalue weighted by atomic mass is 16.5. The third-order valence-electron chi connectivity index (χ3n) is 2.98. The van der Waals surface area contributed by atoms with Gasteiger partial charge >= 0.3 is 12.0 Å². The first kappa shape index (κ1) is 14.0. The summed E-state index contributed by atoms with van der Waals surface area (Å²) in [5, 5.41) is 2.58. The number of amides is 3. The highest BCUT2D eigenvalue weighted by Gasteiger charge is 2.38. The number of hydrogen-bond donors (Lipinski definition) is 1. The monoisotopic (exact) mass is 276 g/mol. The first-order valence-electron chi connectivity index (χ1n) is 6.48. The summed E-state index contributed by atoms with van der Waals surface area (Å²) in [6, 6.07) is 7.54. The van der Waals surface area contributed by atoms with Crippen molar-refractivity contribution in [3.05, 3.63) is 30.3 Å². The zero-order chi connectivity index (χ0) is 14.5. The minimum atomic E-state index is -0.674. The van der Waals surface area contributed by atoms with E-state index >= 15 is 0 Å². The Morgan fingerprint density at radius 2 is 2.00 bits per heavy atom. The quantitative estimate of drug-likeness (QED) is 0.652. The zero-order valence-corrected chi connectivity index (χ0v) is 11.2. The second-order valence-electron chi connectivity index (χ2n) is 4.35. The predicted octanol–water partition coefficient (Wildman–Crippen LogP) is 1.45. The summed E-state index contributed by atoms with van der Waals surface area (Å²) in [4.78, 5) is 36.4. The summed E-state index contributed by atoms with van der Waals surface area (Å²) in [7, 11) is 0. The molecule has 2 rings (SSSR count).